The average molecular weight is 362 g/mol. The van der Waals surface area contributed by atoms with Crippen molar-refractivity contribution in [3.05, 3.63) is 65.4 Å². The first-order valence-electron chi connectivity index (χ1n) is 8.99. The summed E-state index contributed by atoms with van der Waals surface area (Å²) in [5.74, 6) is -0.893. The summed E-state index contributed by atoms with van der Waals surface area (Å²) in [5.41, 5.74) is 4.39. The number of carbonyl (C=O) groups excluding carboxylic acids is 1. The summed E-state index contributed by atoms with van der Waals surface area (Å²) in [6.07, 6.45) is 2.63. The molecule has 0 unspecified atom stereocenters. The van der Waals surface area contributed by atoms with E-state index in [-0.39, 0.29) is 12.2 Å². The lowest BCUT2D eigenvalue weighted by molar-refractivity contribution is -0.136. The minimum Gasteiger partial charge on any atom is -0.481 e. The number of hydrogen-bond acceptors (Lipinski definition) is 4. The highest BCUT2D eigenvalue weighted by atomic mass is 16.4. The number of anilines is 2. The molecule has 0 spiro atoms. The number of carbonyl (C=O) groups is 2. The first kappa shape index (κ1) is 18.6. The third-order valence-corrected chi connectivity index (χ3v) is 4.50. The van der Waals surface area contributed by atoms with E-state index in [9.17, 15) is 14.7 Å². The number of Topliss-reactive ketones (excluding diaryl/α,β-unsaturated/α-hetero) is 1. The first-order chi connectivity index (χ1) is 13.0. The second-order valence-corrected chi connectivity index (χ2v) is 6.54. The van der Waals surface area contributed by atoms with E-state index >= 15 is 0 Å². The van der Waals surface area contributed by atoms with Crippen molar-refractivity contribution in [2.75, 3.05) is 5.32 Å². The van der Waals surface area contributed by atoms with Crippen molar-refractivity contribution in [2.24, 2.45) is 0 Å². The van der Waals surface area contributed by atoms with Gasteiger partial charge in [0.1, 0.15) is 0 Å². The van der Waals surface area contributed by atoms with Gasteiger partial charge in [-0.2, -0.15) is 0 Å². The Labute approximate surface area is 158 Å². The van der Waals surface area contributed by atoms with E-state index in [1.54, 1.807) is 18.3 Å². The fraction of sp³-hybridized carbons (Fsp3) is 0.227. The minimum atomic E-state index is -0.913. The largest absolute Gasteiger partial charge is 0.481 e. The highest BCUT2D eigenvalue weighted by Gasteiger charge is 2.18. The molecule has 5 nitrogen and oxygen atoms in total. The number of rotatable bonds is 7. The van der Waals surface area contributed by atoms with Gasteiger partial charge in [0.15, 0.2) is 5.78 Å². The Bertz CT molecular complexity index is 1010. The number of carboxylic acids is 1. The zero-order valence-corrected chi connectivity index (χ0v) is 15.5. The van der Waals surface area contributed by atoms with Crippen LogP contribution in [0.2, 0.25) is 0 Å². The zero-order valence-electron chi connectivity index (χ0n) is 15.5. The molecule has 3 rings (SSSR count). The Morgan fingerprint density at radius 3 is 2.59 bits per heavy atom. The molecule has 0 atom stereocenters. The standard InChI is InChI=1S/C22H22N2O3/c1-3-7-19(25)17-13-23-21-15(12-20(26)27)9-6-10-16(21)22(17)24-18-11-5-4-8-14(18)2/h4-6,8-11,13H,3,7,12H2,1-2H3,(H,23,24)(H,26,27). The van der Waals surface area contributed by atoms with Gasteiger partial charge < -0.3 is 10.4 Å². The van der Waals surface area contributed by atoms with Crippen molar-refractivity contribution in [2.45, 2.75) is 33.1 Å². The van der Waals surface area contributed by atoms with E-state index < -0.39 is 5.97 Å². The number of nitrogens with one attached hydrogen (secondary N) is 1. The van der Waals surface area contributed by atoms with Crippen LogP contribution in [0.5, 0.6) is 0 Å². The lowest BCUT2D eigenvalue weighted by Crippen LogP contribution is -2.08. The normalized spacial score (nSPS) is 10.7. The quantitative estimate of drug-likeness (QED) is 0.585. The summed E-state index contributed by atoms with van der Waals surface area (Å²) < 4.78 is 0. The molecular weight excluding hydrogens is 340 g/mol. The molecule has 3 aromatic rings. The molecule has 27 heavy (non-hydrogen) atoms. The van der Waals surface area contributed by atoms with Gasteiger partial charge in [-0.15, -0.1) is 0 Å². The van der Waals surface area contributed by atoms with Crippen LogP contribution in [0.3, 0.4) is 0 Å². The van der Waals surface area contributed by atoms with Crippen LogP contribution in [-0.4, -0.2) is 21.8 Å². The second kappa shape index (κ2) is 7.99. The highest BCUT2D eigenvalue weighted by Crippen LogP contribution is 2.32. The molecule has 0 amide bonds. The van der Waals surface area contributed by atoms with Gasteiger partial charge in [0.25, 0.3) is 0 Å². The van der Waals surface area contributed by atoms with Gasteiger partial charge in [-0.1, -0.05) is 43.3 Å². The molecule has 2 N–H and O–H groups in total. The van der Waals surface area contributed by atoms with Crippen molar-refractivity contribution < 1.29 is 14.7 Å². The number of carboxylic acid groups (broad SMARTS) is 1. The van der Waals surface area contributed by atoms with Gasteiger partial charge in [0.05, 0.1) is 23.2 Å². The predicted molar refractivity (Wildman–Crippen MR) is 107 cm³/mol. The number of aromatic nitrogens is 1. The van der Waals surface area contributed by atoms with E-state index in [1.165, 1.54) is 0 Å². The van der Waals surface area contributed by atoms with Gasteiger partial charge in [0, 0.05) is 23.7 Å². The number of para-hydroxylation sites is 2. The lowest BCUT2D eigenvalue weighted by Gasteiger charge is -2.16. The highest BCUT2D eigenvalue weighted by molar-refractivity contribution is 6.09. The molecular formula is C22H22N2O3. The number of ketones is 1. The smallest absolute Gasteiger partial charge is 0.307 e. The number of fused-ring (bicyclic) bond motifs is 1. The number of hydrogen-bond donors (Lipinski definition) is 2. The van der Waals surface area contributed by atoms with Crippen molar-refractivity contribution >= 4 is 34.0 Å². The van der Waals surface area contributed by atoms with Crippen LogP contribution in [0, 0.1) is 6.92 Å². The van der Waals surface area contributed by atoms with Crippen molar-refractivity contribution in [1.82, 2.24) is 4.98 Å². The van der Waals surface area contributed by atoms with E-state index in [4.69, 9.17) is 0 Å². The fourth-order valence-electron chi connectivity index (χ4n) is 3.15. The number of benzene rings is 2. The van der Waals surface area contributed by atoms with Crippen LogP contribution < -0.4 is 5.32 Å². The van der Waals surface area contributed by atoms with Gasteiger partial charge >= 0.3 is 5.97 Å². The SMILES string of the molecule is CCCC(=O)c1cnc2c(CC(=O)O)cccc2c1Nc1ccccc1C. The summed E-state index contributed by atoms with van der Waals surface area (Å²) >= 11 is 0. The number of pyridine rings is 1. The summed E-state index contributed by atoms with van der Waals surface area (Å²) in [4.78, 5) is 28.3. The first-order valence-corrected chi connectivity index (χ1v) is 8.99. The molecule has 138 valence electrons. The maximum Gasteiger partial charge on any atom is 0.307 e. The lowest BCUT2D eigenvalue weighted by atomic mass is 9.99. The number of aliphatic carboxylic acids is 1. The van der Waals surface area contributed by atoms with Crippen molar-refractivity contribution in [3.8, 4) is 0 Å². The van der Waals surface area contributed by atoms with Crippen LogP contribution in [0.25, 0.3) is 10.9 Å². The molecule has 1 heterocycles. The summed E-state index contributed by atoms with van der Waals surface area (Å²) in [6.45, 7) is 3.96. The molecule has 0 aliphatic heterocycles. The average Bonchev–Trinajstić information content (AvgIpc) is 2.64. The third-order valence-electron chi connectivity index (χ3n) is 4.50. The zero-order chi connectivity index (χ0) is 19.4. The molecule has 5 heteroatoms. The Morgan fingerprint density at radius 1 is 1.11 bits per heavy atom. The monoisotopic (exact) mass is 362 g/mol. The van der Waals surface area contributed by atoms with E-state index in [2.05, 4.69) is 10.3 Å². The van der Waals surface area contributed by atoms with Crippen molar-refractivity contribution in [3.63, 3.8) is 0 Å². The topological polar surface area (TPSA) is 79.3 Å². The molecule has 0 aliphatic carbocycles. The molecule has 2 aromatic carbocycles. The second-order valence-electron chi connectivity index (χ2n) is 6.54. The predicted octanol–water partition coefficient (Wildman–Crippen LogP) is 4.90. The van der Waals surface area contributed by atoms with Crippen LogP contribution in [-0.2, 0) is 11.2 Å². The Balaban J connectivity index is 2.21. The van der Waals surface area contributed by atoms with Crippen LogP contribution in [0.4, 0.5) is 11.4 Å². The maximum atomic E-state index is 12.7. The molecule has 1 aromatic heterocycles. The van der Waals surface area contributed by atoms with Gasteiger partial charge in [0.2, 0.25) is 0 Å². The minimum absolute atomic E-state index is 0.0200. The van der Waals surface area contributed by atoms with E-state index in [0.29, 0.717) is 28.8 Å². The molecule has 0 fully saturated rings. The molecule has 0 saturated heterocycles. The van der Waals surface area contributed by atoms with E-state index in [0.717, 1.165) is 23.1 Å². The summed E-state index contributed by atoms with van der Waals surface area (Å²) in [6, 6.07) is 13.3. The fourth-order valence-corrected chi connectivity index (χ4v) is 3.15. The third kappa shape index (κ3) is 3.97. The molecule has 0 aliphatic rings. The molecule has 0 bridgehead atoms. The number of aryl methyl sites for hydroxylation is 1. The van der Waals surface area contributed by atoms with Crippen LogP contribution >= 0.6 is 0 Å². The Kier molecular flexibility index (Phi) is 5.50. The van der Waals surface area contributed by atoms with Gasteiger partial charge in [-0.05, 0) is 30.5 Å². The van der Waals surface area contributed by atoms with Gasteiger partial charge in [-0.3, -0.25) is 14.6 Å². The number of nitrogens with zero attached hydrogens (tertiary/aromatic N) is 1. The Morgan fingerprint density at radius 2 is 1.89 bits per heavy atom. The van der Waals surface area contributed by atoms with E-state index in [1.807, 2.05) is 44.2 Å². The van der Waals surface area contributed by atoms with Crippen LogP contribution in [0.15, 0.2) is 48.7 Å². The summed E-state index contributed by atoms with van der Waals surface area (Å²) in [5, 5.41) is 13.3. The maximum absolute atomic E-state index is 12.7. The van der Waals surface area contributed by atoms with Crippen LogP contribution in [0.1, 0.15) is 41.3 Å². The van der Waals surface area contributed by atoms with Gasteiger partial charge in [-0.25, -0.2) is 0 Å². The Hall–Kier alpha value is -3.21. The summed E-state index contributed by atoms with van der Waals surface area (Å²) in [7, 11) is 0. The molecule has 0 saturated carbocycles. The van der Waals surface area contributed by atoms with Crippen molar-refractivity contribution in [1.29, 1.82) is 0 Å². The molecule has 0 radical (unpaired) electrons.